The van der Waals surface area contributed by atoms with E-state index in [2.05, 4.69) is 5.16 Å². The third-order valence-corrected chi connectivity index (χ3v) is 5.48. The van der Waals surface area contributed by atoms with Gasteiger partial charge in [-0.05, 0) is 49.9 Å². The summed E-state index contributed by atoms with van der Waals surface area (Å²) in [6.45, 7) is 1.43. The molecule has 144 valence electrons. The Labute approximate surface area is 159 Å². The van der Waals surface area contributed by atoms with Gasteiger partial charge in [-0.15, -0.1) is 0 Å². The molecular formula is C21H26N2O4. The Kier molecular flexibility index (Phi) is 5.43. The molecular weight excluding hydrogens is 344 g/mol. The molecule has 0 saturated carbocycles. The monoisotopic (exact) mass is 370 g/mol. The number of amides is 1. The number of ether oxygens (including phenoxy) is 2. The van der Waals surface area contributed by atoms with E-state index in [0.29, 0.717) is 6.61 Å². The van der Waals surface area contributed by atoms with Gasteiger partial charge in [-0.3, -0.25) is 4.79 Å². The number of hydrogen-bond acceptors (Lipinski definition) is 5. The van der Waals surface area contributed by atoms with Crippen molar-refractivity contribution in [1.82, 2.24) is 10.1 Å². The molecule has 6 heteroatoms. The second kappa shape index (κ2) is 8.13. The SMILES string of the molecule is COc1ccc(-c2cc([C@H]3CCCCCN3C(=O)[C@H]3CCCO3)on2)cc1. The normalized spacial score (nSPS) is 23.2. The topological polar surface area (TPSA) is 64.8 Å². The zero-order valence-electron chi connectivity index (χ0n) is 15.7. The molecule has 2 aliphatic rings. The van der Waals surface area contributed by atoms with Crippen LogP contribution in [0.5, 0.6) is 5.75 Å². The van der Waals surface area contributed by atoms with Gasteiger partial charge in [0.1, 0.15) is 17.5 Å². The van der Waals surface area contributed by atoms with Gasteiger partial charge >= 0.3 is 0 Å². The van der Waals surface area contributed by atoms with Crippen molar-refractivity contribution in [3.8, 4) is 17.0 Å². The smallest absolute Gasteiger partial charge is 0.252 e. The number of rotatable bonds is 4. The number of methoxy groups -OCH3 is 1. The van der Waals surface area contributed by atoms with E-state index in [1.807, 2.05) is 35.2 Å². The van der Waals surface area contributed by atoms with Gasteiger partial charge in [0.15, 0.2) is 5.76 Å². The van der Waals surface area contributed by atoms with E-state index in [9.17, 15) is 4.79 Å². The first-order valence-corrected chi connectivity index (χ1v) is 9.79. The molecule has 0 N–H and O–H groups in total. The van der Waals surface area contributed by atoms with Gasteiger partial charge in [-0.1, -0.05) is 18.0 Å². The minimum Gasteiger partial charge on any atom is -0.497 e. The lowest BCUT2D eigenvalue weighted by molar-refractivity contribution is -0.144. The van der Waals surface area contributed by atoms with E-state index in [1.165, 1.54) is 0 Å². The maximum absolute atomic E-state index is 13.0. The van der Waals surface area contributed by atoms with Crippen LogP contribution >= 0.6 is 0 Å². The summed E-state index contributed by atoms with van der Waals surface area (Å²) in [5.41, 5.74) is 1.75. The number of benzene rings is 1. The predicted octanol–water partition coefficient (Wildman–Crippen LogP) is 3.97. The Morgan fingerprint density at radius 1 is 1.15 bits per heavy atom. The van der Waals surface area contributed by atoms with Gasteiger partial charge in [0.25, 0.3) is 5.91 Å². The maximum atomic E-state index is 13.0. The molecule has 0 bridgehead atoms. The van der Waals surface area contributed by atoms with Gasteiger partial charge in [0.2, 0.25) is 0 Å². The molecule has 2 atom stereocenters. The highest BCUT2D eigenvalue weighted by atomic mass is 16.5. The Morgan fingerprint density at radius 2 is 2.00 bits per heavy atom. The molecule has 3 heterocycles. The van der Waals surface area contributed by atoms with Crippen LogP contribution in [-0.2, 0) is 9.53 Å². The molecule has 2 saturated heterocycles. The van der Waals surface area contributed by atoms with Gasteiger partial charge in [0, 0.05) is 24.8 Å². The average Bonchev–Trinajstić information content (AvgIpc) is 3.36. The summed E-state index contributed by atoms with van der Waals surface area (Å²) in [5.74, 6) is 1.66. The van der Waals surface area contributed by atoms with Crippen LogP contribution in [0.1, 0.15) is 50.3 Å². The second-order valence-corrected chi connectivity index (χ2v) is 7.24. The van der Waals surface area contributed by atoms with Crippen LogP contribution in [-0.4, -0.2) is 42.3 Å². The van der Waals surface area contributed by atoms with E-state index in [4.69, 9.17) is 14.0 Å². The largest absolute Gasteiger partial charge is 0.497 e. The van der Waals surface area contributed by atoms with Gasteiger partial charge in [-0.25, -0.2) is 0 Å². The first-order chi connectivity index (χ1) is 13.3. The number of carbonyl (C=O) groups is 1. The highest BCUT2D eigenvalue weighted by Gasteiger charge is 2.35. The molecule has 0 spiro atoms. The van der Waals surface area contributed by atoms with Crippen LogP contribution < -0.4 is 4.74 Å². The quantitative estimate of drug-likeness (QED) is 0.815. The molecule has 6 nitrogen and oxygen atoms in total. The highest BCUT2D eigenvalue weighted by molar-refractivity contribution is 5.81. The zero-order valence-corrected chi connectivity index (χ0v) is 15.7. The molecule has 1 aromatic heterocycles. The fraction of sp³-hybridized carbons (Fsp3) is 0.524. The number of carbonyl (C=O) groups excluding carboxylic acids is 1. The minimum absolute atomic E-state index is 0.0660. The third-order valence-electron chi connectivity index (χ3n) is 5.48. The van der Waals surface area contributed by atoms with E-state index < -0.39 is 0 Å². The third kappa shape index (κ3) is 3.86. The van der Waals surface area contributed by atoms with Crippen molar-refractivity contribution in [1.29, 1.82) is 0 Å². The Balaban J connectivity index is 1.57. The van der Waals surface area contributed by atoms with Crippen molar-refractivity contribution in [2.75, 3.05) is 20.3 Å². The minimum atomic E-state index is -0.297. The molecule has 0 aliphatic carbocycles. The molecule has 2 aromatic rings. The molecule has 4 rings (SSSR count). The van der Waals surface area contributed by atoms with Crippen LogP contribution in [0.4, 0.5) is 0 Å². The first kappa shape index (κ1) is 18.0. The zero-order chi connectivity index (χ0) is 18.6. The highest BCUT2D eigenvalue weighted by Crippen LogP contribution is 2.34. The van der Waals surface area contributed by atoms with Crippen LogP contribution in [0.3, 0.4) is 0 Å². The fourth-order valence-electron chi connectivity index (χ4n) is 3.97. The summed E-state index contributed by atoms with van der Waals surface area (Å²) < 4.78 is 16.5. The maximum Gasteiger partial charge on any atom is 0.252 e. The lowest BCUT2D eigenvalue weighted by Crippen LogP contribution is -2.41. The predicted molar refractivity (Wildman–Crippen MR) is 100 cm³/mol. The van der Waals surface area contributed by atoms with Gasteiger partial charge in [-0.2, -0.15) is 0 Å². The van der Waals surface area contributed by atoms with E-state index in [-0.39, 0.29) is 18.1 Å². The van der Waals surface area contributed by atoms with E-state index in [1.54, 1.807) is 7.11 Å². The molecule has 0 unspecified atom stereocenters. The van der Waals surface area contributed by atoms with E-state index >= 15 is 0 Å². The standard InChI is InChI=1S/C21H26N2O4/c1-25-16-10-8-15(9-11-16)17-14-20(27-22-17)18-6-3-2-4-12-23(18)21(24)19-7-5-13-26-19/h8-11,14,18-19H,2-7,12-13H2,1H3/t18-,19-/m1/s1. The van der Waals surface area contributed by atoms with Crippen LogP contribution in [0, 0.1) is 0 Å². The summed E-state index contributed by atoms with van der Waals surface area (Å²) in [6, 6.07) is 9.63. The van der Waals surface area contributed by atoms with Crippen molar-refractivity contribution < 1.29 is 18.8 Å². The Morgan fingerprint density at radius 3 is 2.74 bits per heavy atom. The van der Waals surface area contributed by atoms with Crippen LogP contribution in [0.15, 0.2) is 34.9 Å². The van der Waals surface area contributed by atoms with E-state index in [0.717, 1.165) is 67.8 Å². The number of nitrogens with zero attached hydrogens (tertiary/aromatic N) is 2. The van der Waals surface area contributed by atoms with Crippen molar-refractivity contribution >= 4 is 5.91 Å². The Bertz CT molecular complexity index is 765. The second-order valence-electron chi connectivity index (χ2n) is 7.24. The van der Waals surface area contributed by atoms with Crippen LogP contribution in [0.25, 0.3) is 11.3 Å². The molecule has 1 aromatic carbocycles. The number of hydrogen-bond donors (Lipinski definition) is 0. The average molecular weight is 370 g/mol. The first-order valence-electron chi connectivity index (χ1n) is 9.79. The number of likely N-dealkylation sites (tertiary alicyclic amines) is 1. The summed E-state index contributed by atoms with van der Waals surface area (Å²) >= 11 is 0. The van der Waals surface area contributed by atoms with Crippen molar-refractivity contribution in [3.63, 3.8) is 0 Å². The van der Waals surface area contributed by atoms with Crippen molar-refractivity contribution in [3.05, 3.63) is 36.1 Å². The summed E-state index contributed by atoms with van der Waals surface area (Å²) in [7, 11) is 1.65. The van der Waals surface area contributed by atoms with Crippen molar-refractivity contribution in [2.45, 2.75) is 50.7 Å². The van der Waals surface area contributed by atoms with Crippen LogP contribution in [0.2, 0.25) is 0 Å². The molecule has 2 aliphatic heterocycles. The Hall–Kier alpha value is -2.34. The lowest BCUT2D eigenvalue weighted by Gasteiger charge is -2.30. The molecule has 27 heavy (non-hydrogen) atoms. The molecule has 2 fully saturated rings. The van der Waals surface area contributed by atoms with Gasteiger partial charge < -0.3 is 18.9 Å². The fourth-order valence-corrected chi connectivity index (χ4v) is 3.97. The summed E-state index contributed by atoms with van der Waals surface area (Å²) in [4.78, 5) is 15.0. The summed E-state index contributed by atoms with van der Waals surface area (Å²) in [5, 5.41) is 4.25. The van der Waals surface area contributed by atoms with Crippen molar-refractivity contribution in [2.24, 2.45) is 0 Å². The molecule has 1 amide bonds. The number of aromatic nitrogens is 1. The molecule has 0 radical (unpaired) electrons. The lowest BCUT2D eigenvalue weighted by atomic mass is 10.0. The van der Waals surface area contributed by atoms with Gasteiger partial charge in [0.05, 0.1) is 13.2 Å². The summed E-state index contributed by atoms with van der Waals surface area (Å²) in [6.07, 6.45) is 5.61.